The van der Waals surface area contributed by atoms with Crippen molar-refractivity contribution in [1.29, 1.82) is 0 Å². The lowest BCUT2D eigenvalue weighted by Crippen LogP contribution is -2.35. The molecule has 0 spiro atoms. The van der Waals surface area contributed by atoms with E-state index in [4.69, 9.17) is 14.2 Å². The van der Waals surface area contributed by atoms with Crippen LogP contribution in [0.2, 0.25) is 0 Å². The van der Waals surface area contributed by atoms with Gasteiger partial charge in [0.15, 0.2) is 11.5 Å². The number of likely N-dealkylation sites (N-methyl/N-ethyl adjacent to an activating group) is 1. The Morgan fingerprint density at radius 1 is 1.14 bits per heavy atom. The van der Waals surface area contributed by atoms with E-state index in [1.54, 1.807) is 14.2 Å². The molecule has 1 N–H and O–H groups in total. The number of nitrogens with zero attached hydrogens (tertiary/aromatic N) is 1. The molecule has 0 radical (unpaired) electrons. The lowest BCUT2D eigenvalue weighted by atomic mass is 10.1. The topological polar surface area (TPSA) is 51.2 Å². The molecule has 1 unspecified atom stereocenters. The number of benzene rings is 1. The van der Waals surface area contributed by atoms with Crippen molar-refractivity contribution in [1.82, 2.24) is 4.90 Å². The molecule has 0 saturated heterocycles. The van der Waals surface area contributed by atoms with Crippen LogP contribution in [0.5, 0.6) is 11.5 Å². The van der Waals surface area contributed by atoms with Gasteiger partial charge in [-0.05, 0) is 38.1 Å². The summed E-state index contributed by atoms with van der Waals surface area (Å²) in [6.45, 7) is 8.55. The third-order valence-electron chi connectivity index (χ3n) is 3.39. The molecule has 22 heavy (non-hydrogen) atoms. The average Bonchev–Trinajstić information content (AvgIpc) is 2.52. The highest BCUT2D eigenvalue weighted by atomic mass is 16.5. The number of hydrogen-bond donors (Lipinski definition) is 1. The van der Waals surface area contributed by atoms with Gasteiger partial charge in [0.25, 0.3) is 0 Å². The summed E-state index contributed by atoms with van der Waals surface area (Å²) in [5.74, 6) is 1.44. The van der Waals surface area contributed by atoms with Crippen LogP contribution in [0, 0.1) is 0 Å². The SMILES string of the molecule is CCN(Cc1ccc(OC)c(OC)c1)CC(O)COC(C)C. The number of aliphatic hydroxyl groups excluding tert-OH is 1. The predicted molar refractivity (Wildman–Crippen MR) is 87.6 cm³/mol. The van der Waals surface area contributed by atoms with Crippen LogP contribution in [-0.4, -0.2) is 56.1 Å². The van der Waals surface area contributed by atoms with Gasteiger partial charge in [0, 0.05) is 13.1 Å². The Morgan fingerprint density at radius 2 is 1.82 bits per heavy atom. The van der Waals surface area contributed by atoms with Gasteiger partial charge in [-0.15, -0.1) is 0 Å². The Kier molecular flexibility index (Phi) is 8.24. The molecule has 5 nitrogen and oxygen atoms in total. The molecule has 1 aromatic carbocycles. The van der Waals surface area contributed by atoms with Crippen LogP contribution >= 0.6 is 0 Å². The van der Waals surface area contributed by atoms with E-state index >= 15 is 0 Å². The summed E-state index contributed by atoms with van der Waals surface area (Å²) in [6, 6.07) is 5.89. The van der Waals surface area contributed by atoms with Crippen LogP contribution in [0.15, 0.2) is 18.2 Å². The minimum atomic E-state index is -0.484. The van der Waals surface area contributed by atoms with E-state index in [0.717, 1.165) is 30.2 Å². The molecule has 0 bridgehead atoms. The number of aliphatic hydroxyl groups is 1. The Labute approximate surface area is 133 Å². The fourth-order valence-electron chi connectivity index (χ4n) is 2.20. The van der Waals surface area contributed by atoms with E-state index in [1.165, 1.54) is 0 Å². The van der Waals surface area contributed by atoms with Gasteiger partial charge in [-0.3, -0.25) is 4.90 Å². The predicted octanol–water partition coefficient (Wildman–Crippen LogP) is 2.31. The van der Waals surface area contributed by atoms with Crippen molar-refractivity contribution in [2.45, 2.75) is 39.5 Å². The Morgan fingerprint density at radius 3 is 2.36 bits per heavy atom. The molecule has 1 aromatic rings. The van der Waals surface area contributed by atoms with E-state index in [-0.39, 0.29) is 6.10 Å². The summed E-state index contributed by atoms with van der Waals surface area (Å²) >= 11 is 0. The second-order valence-corrected chi connectivity index (χ2v) is 5.55. The zero-order valence-electron chi connectivity index (χ0n) is 14.3. The summed E-state index contributed by atoms with van der Waals surface area (Å²) in [6.07, 6.45) is -0.349. The third-order valence-corrected chi connectivity index (χ3v) is 3.39. The summed E-state index contributed by atoms with van der Waals surface area (Å²) in [5, 5.41) is 10.0. The Balaban J connectivity index is 2.62. The first-order valence-corrected chi connectivity index (χ1v) is 7.73. The average molecular weight is 311 g/mol. The first-order valence-electron chi connectivity index (χ1n) is 7.73. The summed E-state index contributed by atoms with van der Waals surface area (Å²) in [4.78, 5) is 2.18. The first kappa shape index (κ1) is 18.7. The van der Waals surface area contributed by atoms with E-state index in [1.807, 2.05) is 32.0 Å². The highest BCUT2D eigenvalue weighted by Crippen LogP contribution is 2.28. The van der Waals surface area contributed by atoms with E-state index in [2.05, 4.69) is 11.8 Å². The van der Waals surface area contributed by atoms with E-state index in [0.29, 0.717) is 13.2 Å². The quantitative estimate of drug-likeness (QED) is 0.718. The number of methoxy groups -OCH3 is 2. The minimum absolute atomic E-state index is 0.135. The van der Waals surface area contributed by atoms with Gasteiger partial charge < -0.3 is 19.3 Å². The maximum atomic E-state index is 10.0. The van der Waals surface area contributed by atoms with Crippen molar-refractivity contribution in [3.05, 3.63) is 23.8 Å². The smallest absolute Gasteiger partial charge is 0.161 e. The molecule has 0 aromatic heterocycles. The molecule has 5 heteroatoms. The first-order chi connectivity index (χ1) is 10.5. The summed E-state index contributed by atoms with van der Waals surface area (Å²) in [7, 11) is 3.26. The fourth-order valence-corrected chi connectivity index (χ4v) is 2.20. The summed E-state index contributed by atoms with van der Waals surface area (Å²) < 4.78 is 16.0. The molecule has 1 atom stereocenters. The zero-order chi connectivity index (χ0) is 16.5. The zero-order valence-corrected chi connectivity index (χ0v) is 14.3. The van der Waals surface area contributed by atoms with Crippen molar-refractivity contribution in [3.63, 3.8) is 0 Å². The normalized spacial score (nSPS) is 12.7. The van der Waals surface area contributed by atoms with Gasteiger partial charge in [-0.2, -0.15) is 0 Å². The third kappa shape index (κ3) is 6.22. The van der Waals surface area contributed by atoms with Gasteiger partial charge in [-0.1, -0.05) is 13.0 Å². The van der Waals surface area contributed by atoms with Crippen molar-refractivity contribution >= 4 is 0 Å². The monoisotopic (exact) mass is 311 g/mol. The van der Waals surface area contributed by atoms with E-state index < -0.39 is 6.10 Å². The minimum Gasteiger partial charge on any atom is -0.493 e. The highest BCUT2D eigenvalue weighted by Gasteiger charge is 2.13. The molecule has 0 saturated carbocycles. The van der Waals surface area contributed by atoms with Crippen LogP contribution in [0.4, 0.5) is 0 Å². The van der Waals surface area contributed by atoms with Crippen molar-refractivity contribution in [2.24, 2.45) is 0 Å². The molecule has 0 heterocycles. The van der Waals surface area contributed by atoms with Gasteiger partial charge >= 0.3 is 0 Å². The lowest BCUT2D eigenvalue weighted by Gasteiger charge is -2.24. The van der Waals surface area contributed by atoms with Crippen LogP contribution < -0.4 is 9.47 Å². The molecule has 0 aliphatic rings. The highest BCUT2D eigenvalue weighted by molar-refractivity contribution is 5.42. The van der Waals surface area contributed by atoms with E-state index in [9.17, 15) is 5.11 Å². The molecule has 0 aliphatic carbocycles. The molecule has 0 aliphatic heterocycles. The van der Waals surface area contributed by atoms with Crippen LogP contribution in [0.3, 0.4) is 0 Å². The maximum Gasteiger partial charge on any atom is 0.161 e. The Bertz CT molecular complexity index is 437. The second kappa shape index (κ2) is 9.66. The Hall–Kier alpha value is -1.30. The van der Waals surface area contributed by atoms with Crippen LogP contribution in [-0.2, 0) is 11.3 Å². The van der Waals surface area contributed by atoms with Gasteiger partial charge in [-0.25, -0.2) is 0 Å². The van der Waals surface area contributed by atoms with Gasteiger partial charge in [0.1, 0.15) is 0 Å². The van der Waals surface area contributed by atoms with Crippen molar-refractivity contribution in [3.8, 4) is 11.5 Å². The second-order valence-electron chi connectivity index (χ2n) is 5.55. The fraction of sp³-hybridized carbons (Fsp3) is 0.647. The molecular weight excluding hydrogens is 282 g/mol. The number of hydrogen-bond acceptors (Lipinski definition) is 5. The summed E-state index contributed by atoms with van der Waals surface area (Å²) in [5.41, 5.74) is 1.12. The molecule has 126 valence electrons. The van der Waals surface area contributed by atoms with Crippen LogP contribution in [0.25, 0.3) is 0 Å². The molecule has 0 amide bonds. The van der Waals surface area contributed by atoms with Gasteiger partial charge in [0.05, 0.1) is 33.0 Å². The standard InChI is InChI=1S/C17H29NO4/c1-6-18(11-15(19)12-22-13(2)3)10-14-7-8-16(20-4)17(9-14)21-5/h7-9,13,15,19H,6,10-12H2,1-5H3. The van der Waals surface area contributed by atoms with Gasteiger partial charge in [0.2, 0.25) is 0 Å². The molecule has 0 fully saturated rings. The number of ether oxygens (including phenoxy) is 3. The number of rotatable bonds is 10. The largest absolute Gasteiger partial charge is 0.493 e. The van der Waals surface area contributed by atoms with Crippen molar-refractivity contribution < 1.29 is 19.3 Å². The van der Waals surface area contributed by atoms with Crippen LogP contribution in [0.1, 0.15) is 26.3 Å². The van der Waals surface area contributed by atoms with Crippen molar-refractivity contribution in [2.75, 3.05) is 33.9 Å². The maximum absolute atomic E-state index is 10.0. The molecular formula is C17H29NO4. The molecule has 1 rings (SSSR count). The lowest BCUT2D eigenvalue weighted by molar-refractivity contribution is -0.00886.